The molecule has 3 rings (SSSR count). The maximum Gasteiger partial charge on any atom is 0.264 e. The number of halogens is 2. The van der Waals surface area contributed by atoms with Crippen molar-refractivity contribution >= 4 is 43.5 Å². The van der Waals surface area contributed by atoms with Gasteiger partial charge in [-0.15, -0.1) is 0 Å². The van der Waals surface area contributed by atoms with Gasteiger partial charge in [-0.05, 0) is 67.9 Å². The van der Waals surface area contributed by atoms with E-state index in [2.05, 4.69) is 21.2 Å². The lowest BCUT2D eigenvalue weighted by molar-refractivity contribution is -0.139. The molecule has 0 bridgehead atoms. The molecule has 36 heavy (non-hydrogen) atoms. The van der Waals surface area contributed by atoms with Gasteiger partial charge < -0.3 is 10.2 Å². The van der Waals surface area contributed by atoms with Crippen molar-refractivity contribution in [1.82, 2.24) is 10.2 Å². The largest absolute Gasteiger partial charge is 0.357 e. The topological polar surface area (TPSA) is 86.8 Å². The summed E-state index contributed by atoms with van der Waals surface area (Å²) >= 11 is 3.40. The summed E-state index contributed by atoms with van der Waals surface area (Å²) < 4.78 is 42.6. The van der Waals surface area contributed by atoms with E-state index in [1.54, 1.807) is 25.1 Å². The fourth-order valence-corrected chi connectivity index (χ4v) is 5.46. The molecule has 0 radical (unpaired) electrons. The molecule has 0 aromatic heterocycles. The Bertz CT molecular complexity index is 1330. The van der Waals surface area contributed by atoms with Crippen molar-refractivity contribution < 1.29 is 22.4 Å². The van der Waals surface area contributed by atoms with Crippen LogP contribution in [0.2, 0.25) is 0 Å². The van der Waals surface area contributed by atoms with Crippen LogP contribution >= 0.6 is 15.9 Å². The Hall–Kier alpha value is -3.24. The Balaban J connectivity index is 2.02. The molecule has 0 fully saturated rings. The number of nitrogens with one attached hydrogen (secondary N) is 1. The molecule has 0 saturated heterocycles. The van der Waals surface area contributed by atoms with E-state index in [9.17, 15) is 22.4 Å². The van der Waals surface area contributed by atoms with Crippen molar-refractivity contribution in [2.24, 2.45) is 0 Å². The van der Waals surface area contributed by atoms with Gasteiger partial charge in [0, 0.05) is 18.1 Å². The SMILES string of the molecule is CNC(=O)[C@@H](C)N(Cc1cccc(Br)c1)C(=O)CN(c1ccc(F)cc1)S(=O)(=O)c1ccc(C)cc1. The van der Waals surface area contributed by atoms with Gasteiger partial charge in [0.25, 0.3) is 10.0 Å². The van der Waals surface area contributed by atoms with Crippen molar-refractivity contribution in [3.8, 4) is 0 Å². The van der Waals surface area contributed by atoms with Crippen LogP contribution < -0.4 is 9.62 Å². The zero-order chi connectivity index (χ0) is 26.5. The van der Waals surface area contributed by atoms with Crippen LogP contribution in [0.3, 0.4) is 0 Å². The molecule has 0 heterocycles. The number of hydrogen-bond acceptors (Lipinski definition) is 4. The number of hydrogen-bond donors (Lipinski definition) is 1. The van der Waals surface area contributed by atoms with Crippen LogP contribution in [0.25, 0.3) is 0 Å². The summed E-state index contributed by atoms with van der Waals surface area (Å²) in [6.07, 6.45) is 0. The van der Waals surface area contributed by atoms with Gasteiger partial charge in [0.2, 0.25) is 11.8 Å². The standard InChI is InChI=1S/C26H27BrFN3O4S/c1-18-7-13-24(14-8-18)36(34,35)31(23-11-9-22(28)10-12-23)17-25(32)30(19(2)26(33)29-3)16-20-5-4-6-21(27)15-20/h4-15,19H,16-17H2,1-3H3,(H,29,33)/t19-/m1/s1. The normalized spacial score (nSPS) is 12.0. The van der Waals surface area contributed by atoms with Gasteiger partial charge in [0.1, 0.15) is 18.4 Å². The first-order valence-electron chi connectivity index (χ1n) is 11.1. The summed E-state index contributed by atoms with van der Waals surface area (Å²) in [5.74, 6) is -1.53. The molecular formula is C26H27BrFN3O4S. The first kappa shape index (κ1) is 27.3. The summed E-state index contributed by atoms with van der Waals surface area (Å²) in [5, 5.41) is 2.53. The van der Waals surface area contributed by atoms with E-state index in [1.807, 2.05) is 25.1 Å². The molecule has 1 N–H and O–H groups in total. The van der Waals surface area contributed by atoms with Crippen LogP contribution in [0.5, 0.6) is 0 Å². The summed E-state index contributed by atoms with van der Waals surface area (Å²) in [4.78, 5) is 27.4. The molecule has 0 unspecified atom stereocenters. The molecular weight excluding hydrogens is 549 g/mol. The number of benzene rings is 3. The number of carbonyl (C=O) groups is 2. The van der Waals surface area contributed by atoms with Crippen molar-refractivity contribution in [2.75, 3.05) is 17.9 Å². The number of aryl methyl sites for hydroxylation is 1. The van der Waals surface area contributed by atoms with E-state index >= 15 is 0 Å². The van der Waals surface area contributed by atoms with Crippen LogP contribution in [0, 0.1) is 12.7 Å². The number of anilines is 1. The van der Waals surface area contributed by atoms with Crippen LogP contribution in [0.15, 0.2) is 82.2 Å². The molecule has 7 nitrogen and oxygen atoms in total. The van der Waals surface area contributed by atoms with E-state index in [4.69, 9.17) is 0 Å². The summed E-state index contributed by atoms with van der Waals surface area (Å²) in [6.45, 7) is 2.90. The van der Waals surface area contributed by atoms with Crippen LogP contribution in [0.4, 0.5) is 10.1 Å². The summed E-state index contributed by atoms with van der Waals surface area (Å²) in [6, 6.07) is 17.5. The predicted molar refractivity (Wildman–Crippen MR) is 140 cm³/mol. The van der Waals surface area contributed by atoms with Gasteiger partial charge in [0.15, 0.2) is 0 Å². The van der Waals surface area contributed by atoms with Crippen LogP contribution in [0.1, 0.15) is 18.1 Å². The second-order valence-electron chi connectivity index (χ2n) is 8.24. The average Bonchev–Trinajstić information content (AvgIpc) is 2.85. The lowest BCUT2D eigenvalue weighted by Gasteiger charge is -2.31. The highest BCUT2D eigenvalue weighted by Crippen LogP contribution is 2.25. The second kappa shape index (κ2) is 11.7. The molecule has 0 aliphatic heterocycles. The van der Waals surface area contributed by atoms with E-state index in [0.29, 0.717) is 0 Å². The number of nitrogens with zero attached hydrogens (tertiary/aromatic N) is 2. The van der Waals surface area contributed by atoms with Crippen molar-refractivity contribution in [3.63, 3.8) is 0 Å². The van der Waals surface area contributed by atoms with Gasteiger partial charge in [-0.1, -0.05) is 45.8 Å². The smallest absolute Gasteiger partial charge is 0.264 e. The number of likely N-dealkylation sites (N-methyl/N-ethyl adjacent to an activating group) is 1. The van der Waals surface area contributed by atoms with Crippen LogP contribution in [-0.4, -0.2) is 44.8 Å². The third-order valence-corrected chi connectivity index (χ3v) is 7.94. The maximum atomic E-state index is 13.6. The highest BCUT2D eigenvalue weighted by molar-refractivity contribution is 9.10. The van der Waals surface area contributed by atoms with Gasteiger partial charge in [-0.3, -0.25) is 13.9 Å². The third-order valence-electron chi connectivity index (χ3n) is 5.66. The summed E-state index contributed by atoms with van der Waals surface area (Å²) in [7, 11) is -2.72. The average molecular weight is 576 g/mol. The Kier molecular flexibility index (Phi) is 8.86. The van der Waals surface area contributed by atoms with Gasteiger partial charge in [0.05, 0.1) is 10.6 Å². The van der Waals surface area contributed by atoms with Gasteiger partial charge in [-0.25, -0.2) is 12.8 Å². The first-order valence-corrected chi connectivity index (χ1v) is 13.4. The molecule has 3 aromatic rings. The van der Waals surface area contributed by atoms with Crippen molar-refractivity contribution in [1.29, 1.82) is 0 Å². The zero-order valence-corrected chi connectivity index (χ0v) is 22.5. The molecule has 1 atom stereocenters. The van der Waals surface area contributed by atoms with Gasteiger partial charge >= 0.3 is 0 Å². The summed E-state index contributed by atoms with van der Waals surface area (Å²) in [5.41, 5.74) is 1.75. The number of carbonyl (C=O) groups excluding carboxylic acids is 2. The Morgan fingerprint density at radius 2 is 1.67 bits per heavy atom. The quantitative estimate of drug-likeness (QED) is 0.413. The van der Waals surface area contributed by atoms with Crippen molar-refractivity contribution in [3.05, 3.63) is 94.2 Å². The minimum Gasteiger partial charge on any atom is -0.357 e. The highest BCUT2D eigenvalue weighted by atomic mass is 79.9. The lowest BCUT2D eigenvalue weighted by atomic mass is 10.1. The molecule has 0 aliphatic rings. The lowest BCUT2D eigenvalue weighted by Crippen LogP contribution is -2.50. The van der Waals surface area contributed by atoms with E-state index in [0.717, 1.165) is 32.0 Å². The fourth-order valence-electron chi connectivity index (χ4n) is 3.60. The molecule has 190 valence electrons. The monoisotopic (exact) mass is 575 g/mol. The number of amides is 2. The van der Waals surface area contributed by atoms with Crippen molar-refractivity contribution in [2.45, 2.75) is 31.3 Å². The molecule has 3 aromatic carbocycles. The zero-order valence-electron chi connectivity index (χ0n) is 20.1. The van der Waals surface area contributed by atoms with E-state index in [1.165, 1.54) is 36.2 Å². The van der Waals surface area contributed by atoms with E-state index < -0.39 is 40.2 Å². The minimum atomic E-state index is -4.19. The van der Waals surface area contributed by atoms with Gasteiger partial charge in [-0.2, -0.15) is 0 Å². The Morgan fingerprint density at radius 1 is 1.03 bits per heavy atom. The first-order chi connectivity index (χ1) is 17.0. The minimum absolute atomic E-state index is 0.0110. The fraction of sp³-hybridized carbons (Fsp3) is 0.231. The molecule has 0 aliphatic carbocycles. The predicted octanol–water partition coefficient (Wildman–Crippen LogP) is 4.26. The maximum absolute atomic E-state index is 13.6. The molecule has 0 saturated carbocycles. The molecule has 10 heteroatoms. The highest BCUT2D eigenvalue weighted by Gasteiger charge is 2.32. The Morgan fingerprint density at radius 3 is 2.25 bits per heavy atom. The molecule has 2 amide bonds. The third kappa shape index (κ3) is 6.50. The number of rotatable bonds is 9. The van der Waals surface area contributed by atoms with E-state index in [-0.39, 0.29) is 17.1 Å². The molecule has 0 spiro atoms. The number of sulfonamides is 1. The van der Waals surface area contributed by atoms with Crippen LogP contribution in [-0.2, 0) is 26.2 Å². The second-order valence-corrected chi connectivity index (χ2v) is 11.0. The Labute approximate surface area is 219 Å².